The van der Waals surface area contributed by atoms with Crippen LogP contribution in [0.2, 0.25) is 0 Å². The summed E-state index contributed by atoms with van der Waals surface area (Å²) in [5, 5.41) is 0. The predicted molar refractivity (Wildman–Crippen MR) is 107 cm³/mol. The Morgan fingerprint density at radius 3 is 2.35 bits per heavy atom. The van der Waals surface area contributed by atoms with Gasteiger partial charge in [0.2, 0.25) is 0 Å². The van der Waals surface area contributed by atoms with Crippen LogP contribution >= 0.6 is 15.9 Å². The Bertz CT molecular complexity index is 844. The molecule has 1 aliphatic carbocycles. The zero-order chi connectivity index (χ0) is 18.0. The van der Waals surface area contributed by atoms with Gasteiger partial charge in [-0.1, -0.05) is 77.3 Å². The smallest absolute Gasteiger partial charge is 0.318 e. The average molecular weight is 409 g/mol. The fourth-order valence-corrected chi connectivity index (χ4v) is 4.40. The van der Waals surface area contributed by atoms with Crippen molar-refractivity contribution in [3.05, 3.63) is 88.1 Å². The van der Waals surface area contributed by atoms with E-state index in [1.807, 2.05) is 54.6 Å². The highest BCUT2D eigenvalue weighted by Crippen LogP contribution is 2.53. The van der Waals surface area contributed by atoms with E-state index in [4.69, 9.17) is 4.74 Å². The van der Waals surface area contributed by atoms with Gasteiger partial charge in [-0.05, 0) is 48.3 Å². The molecule has 1 spiro atoms. The number of carbonyl (C=O) groups is 1. The minimum absolute atomic E-state index is 0.0678. The van der Waals surface area contributed by atoms with Crippen LogP contribution in [0.15, 0.2) is 77.0 Å². The fraction of sp³-hybridized carbons (Fsp3) is 0.261. The molecule has 0 aromatic heterocycles. The molecule has 2 aromatic rings. The molecule has 132 valence electrons. The van der Waals surface area contributed by atoms with Crippen LogP contribution < -0.4 is 0 Å². The summed E-state index contributed by atoms with van der Waals surface area (Å²) in [7, 11) is 0. The van der Waals surface area contributed by atoms with Crippen LogP contribution in [-0.4, -0.2) is 5.97 Å². The third kappa shape index (κ3) is 3.28. The zero-order valence-corrected chi connectivity index (χ0v) is 16.1. The number of allylic oxidation sites excluding steroid dienone is 2. The highest BCUT2D eigenvalue weighted by molar-refractivity contribution is 9.10. The van der Waals surface area contributed by atoms with Crippen LogP contribution in [0, 0.1) is 5.41 Å². The number of esters is 1. The van der Waals surface area contributed by atoms with Crippen LogP contribution in [-0.2, 0) is 9.53 Å². The second kappa shape index (κ2) is 7.24. The second-order valence-electron chi connectivity index (χ2n) is 7.10. The van der Waals surface area contributed by atoms with E-state index in [0.717, 1.165) is 35.7 Å². The van der Waals surface area contributed by atoms with Gasteiger partial charge in [0.25, 0.3) is 0 Å². The topological polar surface area (TPSA) is 26.3 Å². The van der Waals surface area contributed by atoms with Crippen molar-refractivity contribution in [3.8, 4) is 0 Å². The molecule has 26 heavy (non-hydrogen) atoms. The first-order valence-electron chi connectivity index (χ1n) is 9.10. The van der Waals surface area contributed by atoms with Crippen molar-refractivity contribution in [2.75, 3.05) is 0 Å². The normalized spacial score (nSPS) is 21.8. The Morgan fingerprint density at radius 2 is 1.65 bits per heavy atom. The molecule has 0 bridgehead atoms. The predicted octanol–water partition coefficient (Wildman–Crippen LogP) is 6.25. The van der Waals surface area contributed by atoms with Gasteiger partial charge in [0.05, 0.1) is 5.41 Å². The molecule has 2 aliphatic rings. The van der Waals surface area contributed by atoms with E-state index in [1.165, 1.54) is 5.56 Å². The lowest BCUT2D eigenvalue weighted by Crippen LogP contribution is -2.38. The highest BCUT2D eigenvalue weighted by Gasteiger charge is 2.51. The van der Waals surface area contributed by atoms with Gasteiger partial charge in [0.1, 0.15) is 5.76 Å². The molecule has 1 heterocycles. The lowest BCUT2D eigenvalue weighted by molar-refractivity contribution is -0.153. The van der Waals surface area contributed by atoms with Crippen molar-refractivity contribution in [2.24, 2.45) is 5.41 Å². The Labute approximate surface area is 162 Å². The Morgan fingerprint density at radius 1 is 0.962 bits per heavy atom. The van der Waals surface area contributed by atoms with Crippen molar-refractivity contribution >= 4 is 28.0 Å². The number of benzene rings is 2. The van der Waals surface area contributed by atoms with Crippen molar-refractivity contribution in [2.45, 2.75) is 31.6 Å². The van der Waals surface area contributed by atoms with Crippen LogP contribution in [0.1, 0.15) is 42.7 Å². The average Bonchev–Trinajstić information content (AvgIpc) is 3.15. The van der Waals surface area contributed by atoms with Gasteiger partial charge in [-0.3, -0.25) is 4.79 Å². The molecule has 4 rings (SSSR count). The van der Waals surface area contributed by atoms with E-state index >= 15 is 0 Å². The molecule has 1 aliphatic heterocycles. The summed E-state index contributed by atoms with van der Waals surface area (Å²) in [6.07, 6.45) is 10.0. The summed E-state index contributed by atoms with van der Waals surface area (Å²) in [5.74, 6) is 0.656. The summed E-state index contributed by atoms with van der Waals surface area (Å²) >= 11 is 3.44. The van der Waals surface area contributed by atoms with Crippen molar-refractivity contribution < 1.29 is 9.53 Å². The summed E-state index contributed by atoms with van der Waals surface area (Å²) in [4.78, 5) is 13.0. The van der Waals surface area contributed by atoms with E-state index in [0.29, 0.717) is 5.76 Å². The summed E-state index contributed by atoms with van der Waals surface area (Å²) < 4.78 is 6.79. The van der Waals surface area contributed by atoms with Gasteiger partial charge >= 0.3 is 5.97 Å². The molecular weight excluding hydrogens is 388 g/mol. The maximum absolute atomic E-state index is 13.0. The lowest BCUT2D eigenvalue weighted by atomic mass is 9.69. The third-order valence-electron chi connectivity index (χ3n) is 5.51. The number of rotatable bonds is 3. The second-order valence-corrected chi connectivity index (χ2v) is 8.01. The number of halogens is 1. The summed E-state index contributed by atoms with van der Waals surface area (Å²) in [6, 6.07) is 18.4. The molecule has 1 unspecified atom stereocenters. The first-order valence-corrected chi connectivity index (χ1v) is 9.89. The Balaban J connectivity index is 1.68. The first-order chi connectivity index (χ1) is 12.7. The van der Waals surface area contributed by atoms with Crippen LogP contribution in [0.5, 0.6) is 0 Å². The molecule has 0 saturated heterocycles. The van der Waals surface area contributed by atoms with Gasteiger partial charge in [0, 0.05) is 10.4 Å². The Kier molecular flexibility index (Phi) is 4.82. The molecule has 1 saturated carbocycles. The number of carbonyl (C=O) groups excluding carboxylic acids is 1. The first kappa shape index (κ1) is 17.3. The van der Waals surface area contributed by atoms with E-state index in [-0.39, 0.29) is 11.9 Å². The van der Waals surface area contributed by atoms with E-state index in [2.05, 4.69) is 34.1 Å². The van der Waals surface area contributed by atoms with Gasteiger partial charge in [-0.15, -0.1) is 0 Å². The van der Waals surface area contributed by atoms with Crippen LogP contribution in [0.3, 0.4) is 0 Å². The standard InChI is InChI=1S/C23H21BrO2/c24-19-11-8-17(9-12-19)10-13-20-16-21(18-6-2-1-3-7-18)23(22(25)26-20)14-4-5-15-23/h1-3,6-13,16,21H,4-5,14-15H2. The molecule has 1 atom stereocenters. The zero-order valence-electron chi connectivity index (χ0n) is 14.5. The van der Waals surface area contributed by atoms with Crippen molar-refractivity contribution in [1.29, 1.82) is 0 Å². The number of hydrogen-bond donors (Lipinski definition) is 0. The number of ether oxygens (including phenoxy) is 1. The molecule has 1 fully saturated rings. The van der Waals surface area contributed by atoms with Gasteiger partial charge in [-0.2, -0.15) is 0 Å². The summed E-state index contributed by atoms with van der Waals surface area (Å²) in [6.45, 7) is 0. The largest absolute Gasteiger partial charge is 0.426 e. The fourth-order valence-electron chi connectivity index (χ4n) is 4.13. The molecule has 3 heteroatoms. The van der Waals surface area contributed by atoms with Crippen LogP contribution in [0.25, 0.3) is 6.08 Å². The third-order valence-corrected chi connectivity index (χ3v) is 6.04. The summed E-state index contributed by atoms with van der Waals surface area (Å²) in [5.41, 5.74) is 1.87. The van der Waals surface area contributed by atoms with E-state index in [9.17, 15) is 4.79 Å². The van der Waals surface area contributed by atoms with Crippen molar-refractivity contribution in [1.82, 2.24) is 0 Å². The number of cyclic esters (lactones) is 1. The monoisotopic (exact) mass is 408 g/mol. The van der Waals surface area contributed by atoms with Gasteiger partial charge < -0.3 is 4.74 Å². The maximum atomic E-state index is 13.0. The number of hydrogen-bond acceptors (Lipinski definition) is 2. The molecule has 2 aromatic carbocycles. The van der Waals surface area contributed by atoms with Gasteiger partial charge in [-0.25, -0.2) is 0 Å². The minimum atomic E-state index is -0.393. The minimum Gasteiger partial charge on any atom is -0.426 e. The lowest BCUT2D eigenvalue weighted by Gasteiger charge is -2.37. The molecule has 0 amide bonds. The quantitative estimate of drug-likeness (QED) is 0.561. The van der Waals surface area contributed by atoms with Gasteiger partial charge in [0.15, 0.2) is 0 Å². The van der Waals surface area contributed by atoms with E-state index < -0.39 is 5.41 Å². The molecular formula is C23H21BrO2. The SMILES string of the molecule is O=C1OC(C=Cc2ccc(Br)cc2)=CC(c2ccccc2)C12CCCC2. The molecule has 0 N–H and O–H groups in total. The van der Waals surface area contributed by atoms with E-state index in [1.54, 1.807) is 0 Å². The van der Waals surface area contributed by atoms with Crippen molar-refractivity contribution in [3.63, 3.8) is 0 Å². The maximum Gasteiger partial charge on any atom is 0.318 e. The van der Waals surface area contributed by atoms with Crippen LogP contribution in [0.4, 0.5) is 0 Å². The molecule has 0 radical (unpaired) electrons. The molecule has 2 nitrogen and oxygen atoms in total. The highest BCUT2D eigenvalue weighted by atomic mass is 79.9. The Hall–Kier alpha value is -2.13.